The van der Waals surface area contributed by atoms with Gasteiger partial charge in [-0.25, -0.2) is 18.8 Å². The molecule has 0 aliphatic carbocycles. The lowest BCUT2D eigenvalue weighted by atomic mass is 10.2. The Morgan fingerprint density at radius 1 is 1.09 bits per heavy atom. The van der Waals surface area contributed by atoms with E-state index in [0.717, 1.165) is 21.3 Å². The molecule has 0 aliphatic rings. The maximum absolute atomic E-state index is 14.0. The molecule has 1 unspecified atom stereocenters. The molecule has 0 fully saturated rings. The molecule has 232 valence electrons. The number of hydrogen-bond donors (Lipinski definition) is 1. The number of halogens is 3. The van der Waals surface area contributed by atoms with Gasteiger partial charge >= 0.3 is 17.9 Å². The standard InChI is InChI=1S/C30H28F3N9O3/c1-18(27-38-37-25(45-27)17-42(3,4)5)36-28(43)40-26(24-13-14-35-41(24)22-11-9-20(16-34)10-12-22)19(2)39(29(40)44)23-8-6-7-21(15-23)30(31,32)33/h6-15,18H,17H2,1-5H3/p+1. The quantitative estimate of drug-likeness (QED) is 0.263. The molecule has 2 aromatic carbocycles. The van der Waals surface area contributed by atoms with Crippen molar-refractivity contribution in [2.75, 3.05) is 21.1 Å². The lowest BCUT2D eigenvalue weighted by molar-refractivity contribution is -0.885. The van der Waals surface area contributed by atoms with Crippen molar-refractivity contribution in [1.29, 1.82) is 5.26 Å². The van der Waals surface area contributed by atoms with E-state index in [1.807, 2.05) is 27.2 Å². The Labute approximate surface area is 255 Å². The summed E-state index contributed by atoms with van der Waals surface area (Å²) in [6, 6.07) is 12.6. The molecule has 1 atom stereocenters. The zero-order valence-electron chi connectivity index (χ0n) is 25.0. The summed E-state index contributed by atoms with van der Waals surface area (Å²) in [5.41, 5.74) is -0.456. The fraction of sp³-hybridized carbons (Fsp3) is 0.267. The molecule has 15 heteroatoms. The largest absolute Gasteiger partial charge is 0.418 e. The summed E-state index contributed by atoms with van der Waals surface area (Å²) in [4.78, 5) is 27.8. The Kier molecular flexibility index (Phi) is 7.94. The molecule has 0 saturated carbocycles. The lowest BCUT2D eigenvalue weighted by Crippen LogP contribution is -2.38. The van der Waals surface area contributed by atoms with Gasteiger partial charge in [0.1, 0.15) is 11.7 Å². The SMILES string of the molecule is Cc1c(-c2ccnn2-c2ccc(C#N)cc2)n(C(=O)NC(C)c2nnc(C[N+](C)(C)C)o2)c(=O)n1-c1cccc(C(F)(F)F)c1. The zero-order valence-corrected chi connectivity index (χ0v) is 25.0. The molecule has 5 aromatic rings. The van der Waals surface area contributed by atoms with Crippen LogP contribution in [0.1, 0.15) is 41.6 Å². The normalized spacial score (nSPS) is 12.6. The van der Waals surface area contributed by atoms with E-state index < -0.39 is 29.5 Å². The van der Waals surface area contributed by atoms with Crippen LogP contribution in [0.4, 0.5) is 18.0 Å². The Morgan fingerprint density at radius 3 is 2.44 bits per heavy atom. The summed E-state index contributed by atoms with van der Waals surface area (Å²) >= 11 is 0. The Bertz CT molecular complexity index is 1970. The fourth-order valence-electron chi connectivity index (χ4n) is 4.81. The van der Waals surface area contributed by atoms with E-state index in [1.54, 1.807) is 37.3 Å². The van der Waals surface area contributed by atoms with Crippen LogP contribution < -0.4 is 11.0 Å². The number of carbonyl (C=O) groups is 1. The number of carbonyl (C=O) groups excluding carboxylic acids is 1. The van der Waals surface area contributed by atoms with Crippen LogP contribution >= 0.6 is 0 Å². The number of quaternary nitrogens is 1. The third kappa shape index (κ3) is 6.27. The lowest BCUT2D eigenvalue weighted by Gasteiger charge is -2.21. The predicted molar refractivity (Wildman–Crippen MR) is 155 cm³/mol. The first-order chi connectivity index (χ1) is 21.2. The molecule has 0 radical (unpaired) electrons. The highest BCUT2D eigenvalue weighted by Gasteiger charge is 2.32. The van der Waals surface area contributed by atoms with Gasteiger partial charge in [-0.15, -0.1) is 10.2 Å². The van der Waals surface area contributed by atoms with E-state index in [2.05, 4.69) is 20.6 Å². The van der Waals surface area contributed by atoms with Gasteiger partial charge in [0.2, 0.25) is 5.89 Å². The van der Waals surface area contributed by atoms with Crippen molar-refractivity contribution in [3.8, 4) is 28.8 Å². The van der Waals surface area contributed by atoms with Gasteiger partial charge in [-0.2, -0.15) is 23.5 Å². The molecule has 12 nitrogen and oxygen atoms in total. The maximum Gasteiger partial charge on any atom is 0.416 e. The first-order valence-electron chi connectivity index (χ1n) is 13.7. The molecular formula is C30H29F3N9O3+. The zero-order chi connectivity index (χ0) is 32.7. The van der Waals surface area contributed by atoms with Crippen molar-refractivity contribution in [3.63, 3.8) is 0 Å². The average molecular weight is 621 g/mol. The molecule has 1 amide bonds. The fourth-order valence-corrected chi connectivity index (χ4v) is 4.81. The number of alkyl halides is 3. The number of aromatic nitrogens is 6. The summed E-state index contributed by atoms with van der Waals surface area (Å²) in [5, 5.41) is 24.3. The van der Waals surface area contributed by atoms with Crippen LogP contribution in [0.25, 0.3) is 22.8 Å². The van der Waals surface area contributed by atoms with Crippen molar-refractivity contribution in [2.24, 2.45) is 0 Å². The van der Waals surface area contributed by atoms with Gasteiger partial charge in [0, 0.05) is 0 Å². The third-order valence-corrected chi connectivity index (χ3v) is 6.85. The highest BCUT2D eigenvalue weighted by atomic mass is 19.4. The van der Waals surface area contributed by atoms with Gasteiger partial charge in [0.25, 0.3) is 5.89 Å². The number of imidazole rings is 1. The summed E-state index contributed by atoms with van der Waals surface area (Å²) < 4.78 is 50.4. The first-order valence-corrected chi connectivity index (χ1v) is 13.7. The molecular weight excluding hydrogens is 591 g/mol. The van der Waals surface area contributed by atoms with Gasteiger partial charge in [0.15, 0.2) is 6.54 Å². The van der Waals surface area contributed by atoms with Crippen molar-refractivity contribution in [3.05, 3.63) is 99.9 Å². The maximum atomic E-state index is 14.0. The second-order valence-corrected chi connectivity index (χ2v) is 11.4. The number of hydrogen-bond acceptors (Lipinski definition) is 7. The number of nitriles is 1. The van der Waals surface area contributed by atoms with Crippen LogP contribution in [-0.4, -0.2) is 60.8 Å². The summed E-state index contributed by atoms with van der Waals surface area (Å²) in [6.45, 7) is 3.56. The van der Waals surface area contributed by atoms with Gasteiger partial charge in [-0.3, -0.25) is 4.57 Å². The second-order valence-electron chi connectivity index (χ2n) is 11.4. The van der Waals surface area contributed by atoms with E-state index >= 15 is 0 Å². The minimum atomic E-state index is -4.66. The van der Waals surface area contributed by atoms with Crippen LogP contribution in [-0.2, 0) is 12.7 Å². The van der Waals surface area contributed by atoms with Crippen molar-refractivity contribution < 1.29 is 26.9 Å². The van der Waals surface area contributed by atoms with Gasteiger partial charge in [0.05, 0.1) is 67.3 Å². The van der Waals surface area contributed by atoms with Crippen LogP contribution in [0.5, 0.6) is 0 Å². The number of amides is 1. The van der Waals surface area contributed by atoms with Crippen molar-refractivity contribution in [1.82, 2.24) is 34.4 Å². The van der Waals surface area contributed by atoms with Gasteiger partial charge in [-0.1, -0.05) is 6.07 Å². The number of nitrogens with zero attached hydrogens (tertiary/aromatic N) is 8. The van der Waals surface area contributed by atoms with E-state index in [4.69, 9.17) is 4.42 Å². The monoisotopic (exact) mass is 620 g/mol. The molecule has 5 rings (SSSR count). The van der Waals surface area contributed by atoms with E-state index in [9.17, 15) is 28.0 Å². The third-order valence-electron chi connectivity index (χ3n) is 6.85. The van der Waals surface area contributed by atoms with E-state index in [-0.39, 0.29) is 23.0 Å². The van der Waals surface area contributed by atoms with Crippen LogP contribution in [0.15, 0.2) is 70.0 Å². The highest BCUT2D eigenvalue weighted by Crippen LogP contribution is 2.32. The molecule has 3 aromatic heterocycles. The van der Waals surface area contributed by atoms with Gasteiger partial charge in [-0.05, 0) is 62.4 Å². The Morgan fingerprint density at radius 2 is 1.80 bits per heavy atom. The molecule has 0 bridgehead atoms. The number of benzene rings is 2. The van der Waals surface area contributed by atoms with E-state index in [0.29, 0.717) is 33.9 Å². The molecule has 0 saturated heterocycles. The van der Waals surface area contributed by atoms with Crippen LogP contribution in [0, 0.1) is 18.3 Å². The smallest absolute Gasteiger partial charge is 0.416 e. The Balaban J connectivity index is 1.63. The predicted octanol–water partition coefficient (Wildman–Crippen LogP) is 4.60. The molecule has 1 N–H and O–H groups in total. The van der Waals surface area contributed by atoms with Gasteiger partial charge < -0.3 is 14.2 Å². The van der Waals surface area contributed by atoms with Crippen LogP contribution in [0.3, 0.4) is 0 Å². The highest BCUT2D eigenvalue weighted by molar-refractivity contribution is 5.83. The first kappa shape index (κ1) is 31.0. The summed E-state index contributed by atoms with van der Waals surface area (Å²) in [7, 11) is 5.84. The Hall–Kier alpha value is -5.49. The minimum absolute atomic E-state index is 0.0835. The summed E-state index contributed by atoms with van der Waals surface area (Å²) in [5.74, 6) is 0.465. The summed E-state index contributed by atoms with van der Waals surface area (Å²) in [6.07, 6.45) is -3.20. The van der Waals surface area contributed by atoms with Crippen molar-refractivity contribution >= 4 is 6.03 Å². The minimum Gasteiger partial charge on any atom is -0.418 e. The average Bonchev–Trinajstić information content (AvgIpc) is 3.69. The molecule has 3 heterocycles. The molecule has 45 heavy (non-hydrogen) atoms. The molecule has 0 spiro atoms. The topological polar surface area (TPSA) is 137 Å². The number of nitrogens with one attached hydrogen (secondary N) is 1. The second kappa shape index (κ2) is 11.5. The molecule has 0 aliphatic heterocycles. The van der Waals surface area contributed by atoms with Crippen molar-refractivity contribution in [2.45, 2.75) is 32.6 Å². The number of rotatable bonds is 7. The van der Waals surface area contributed by atoms with Crippen LogP contribution in [0.2, 0.25) is 0 Å². The van der Waals surface area contributed by atoms with E-state index in [1.165, 1.54) is 29.9 Å².